The summed E-state index contributed by atoms with van der Waals surface area (Å²) in [5, 5.41) is 11.9. The van der Waals surface area contributed by atoms with Gasteiger partial charge >= 0.3 is 0 Å². The van der Waals surface area contributed by atoms with Crippen molar-refractivity contribution in [1.29, 1.82) is 0 Å². The minimum atomic E-state index is -0.238. The minimum Gasteiger partial charge on any atom is -0.207 e. The van der Waals surface area contributed by atoms with Gasteiger partial charge in [0, 0.05) is 5.56 Å². The maximum absolute atomic E-state index is 13.1. The summed E-state index contributed by atoms with van der Waals surface area (Å²) < 4.78 is 13.1. The number of benzene rings is 1. The lowest BCUT2D eigenvalue weighted by molar-refractivity contribution is 0.592. The highest BCUT2D eigenvalue weighted by atomic mass is 19.1. The third kappa shape index (κ3) is 2.48. The minimum absolute atomic E-state index is 0.238. The summed E-state index contributed by atoms with van der Waals surface area (Å²) in [7, 11) is 0. The average Bonchev–Trinajstić information content (AvgIpc) is 2.79. The van der Waals surface area contributed by atoms with Crippen LogP contribution in [0.25, 0.3) is 11.4 Å². The largest absolute Gasteiger partial charge is 0.207 e. The van der Waals surface area contributed by atoms with Crippen LogP contribution in [0.1, 0.15) is 12.5 Å². The smallest absolute Gasteiger partial charge is 0.204 e. The van der Waals surface area contributed by atoms with E-state index in [4.69, 9.17) is 0 Å². The maximum atomic E-state index is 13.1. The van der Waals surface area contributed by atoms with E-state index in [0.717, 1.165) is 5.56 Å². The number of hydrogen-bond donors (Lipinski definition) is 0. The Kier molecular flexibility index (Phi) is 3.15. The third-order valence-corrected chi connectivity index (χ3v) is 2.27. The molecule has 0 atom stereocenters. The van der Waals surface area contributed by atoms with Gasteiger partial charge in [-0.3, -0.25) is 0 Å². The number of aryl methyl sites for hydroxylation is 1. The van der Waals surface area contributed by atoms with Crippen LogP contribution in [0.4, 0.5) is 4.39 Å². The lowest BCUT2D eigenvalue weighted by atomic mass is 10.1. The molecule has 0 spiro atoms. The van der Waals surface area contributed by atoms with E-state index in [1.807, 2.05) is 0 Å². The molecule has 1 aromatic heterocycles. The quantitative estimate of drug-likeness (QED) is 0.739. The van der Waals surface area contributed by atoms with Crippen molar-refractivity contribution in [2.45, 2.75) is 20.4 Å². The Hall–Kier alpha value is -2.22. The van der Waals surface area contributed by atoms with E-state index in [0.29, 0.717) is 17.9 Å². The van der Waals surface area contributed by atoms with E-state index in [-0.39, 0.29) is 5.82 Å². The van der Waals surface area contributed by atoms with Crippen molar-refractivity contribution in [1.82, 2.24) is 20.2 Å². The molecule has 0 aliphatic carbocycles. The molecule has 0 saturated heterocycles. The molecular formula is C12H11FN4. The molecule has 5 heteroatoms. The van der Waals surface area contributed by atoms with Crippen LogP contribution in [-0.4, -0.2) is 20.2 Å². The Morgan fingerprint density at radius 3 is 2.94 bits per heavy atom. The van der Waals surface area contributed by atoms with E-state index in [9.17, 15) is 4.39 Å². The molecule has 0 aliphatic rings. The van der Waals surface area contributed by atoms with Crippen LogP contribution < -0.4 is 0 Å². The SMILES string of the molecule is CC#CCn1nnc(-c2ccc(F)c(C)c2)n1. The molecule has 0 saturated carbocycles. The number of hydrogen-bond acceptors (Lipinski definition) is 3. The van der Waals surface area contributed by atoms with Gasteiger partial charge in [0.1, 0.15) is 12.4 Å². The lowest BCUT2D eigenvalue weighted by Crippen LogP contribution is -2.00. The van der Waals surface area contributed by atoms with Crippen LogP contribution in [0, 0.1) is 24.6 Å². The van der Waals surface area contributed by atoms with E-state index in [1.165, 1.54) is 10.9 Å². The number of halogens is 1. The first kappa shape index (κ1) is 11.3. The molecule has 1 heterocycles. The van der Waals surface area contributed by atoms with Crippen molar-refractivity contribution < 1.29 is 4.39 Å². The molecule has 86 valence electrons. The van der Waals surface area contributed by atoms with Crippen molar-refractivity contribution >= 4 is 0 Å². The second-order valence-electron chi connectivity index (χ2n) is 3.53. The van der Waals surface area contributed by atoms with E-state index >= 15 is 0 Å². The van der Waals surface area contributed by atoms with Crippen molar-refractivity contribution in [3.05, 3.63) is 29.6 Å². The maximum Gasteiger partial charge on any atom is 0.204 e. The summed E-state index contributed by atoms with van der Waals surface area (Å²) in [4.78, 5) is 1.41. The van der Waals surface area contributed by atoms with Crippen molar-refractivity contribution in [3.63, 3.8) is 0 Å². The van der Waals surface area contributed by atoms with Gasteiger partial charge in [0.15, 0.2) is 0 Å². The monoisotopic (exact) mass is 230 g/mol. The molecule has 0 amide bonds. The summed E-state index contributed by atoms with van der Waals surface area (Å²) in [5.41, 5.74) is 1.31. The molecule has 0 radical (unpaired) electrons. The van der Waals surface area contributed by atoms with Crippen LogP contribution in [-0.2, 0) is 6.54 Å². The van der Waals surface area contributed by atoms with Crippen LogP contribution in [0.3, 0.4) is 0 Å². The number of nitrogens with zero attached hydrogens (tertiary/aromatic N) is 4. The highest BCUT2D eigenvalue weighted by Gasteiger charge is 2.07. The second-order valence-corrected chi connectivity index (χ2v) is 3.53. The predicted molar refractivity (Wildman–Crippen MR) is 61.4 cm³/mol. The number of aromatic nitrogens is 4. The van der Waals surface area contributed by atoms with Gasteiger partial charge in [-0.15, -0.1) is 16.1 Å². The number of tetrazole rings is 1. The van der Waals surface area contributed by atoms with Gasteiger partial charge in [0.25, 0.3) is 0 Å². The van der Waals surface area contributed by atoms with E-state index in [2.05, 4.69) is 27.3 Å². The Balaban J connectivity index is 2.29. The Morgan fingerprint density at radius 2 is 2.24 bits per heavy atom. The Labute approximate surface area is 98.5 Å². The van der Waals surface area contributed by atoms with E-state index < -0.39 is 0 Å². The molecular weight excluding hydrogens is 219 g/mol. The third-order valence-electron chi connectivity index (χ3n) is 2.27. The fourth-order valence-electron chi connectivity index (χ4n) is 1.36. The topological polar surface area (TPSA) is 43.6 Å². The summed E-state index contributed by atoms with van der Waals surface area (Å²) in [6.45, 7) is 3.86. The van der Waals surface area contributed by atoms with Gasteiger partial charge in [0.2, 0.25) is 5.82 Å². The molecule has 2 aromatic rings. The van der Waals surface area contributed by atoms with Gasteiger partial charge in [0.05, 0.1) is 0 Å². The molecule has 0 aliphatic heterocycles. The zero-order chi connectivity index (χ0) is 12.3. The molecule has 0 bridgehead atoms. The zero-order valence-electron chi connectivity index (χ0n) is 9.61. The second kappa shape index (κ2) is 4.74. The summed E-state index contributed by atoms with van der Waals surface area (Å²) >= 11 is 0. The van der Waals surface area contributed by atoms with Crippen molar-refractivity contribution in [3.8, 4) is 23.2 Å². The number of rotatable bonds is 2. The zero-order valence-corrected chi connectivity index (χ0v) is 9.61. The Bertz CT molecular complexity index is 592. The molecule has 0 unspecified atom stereocenters. The normalized spacial score (nSPS) is 9.82. The molecule has 4 nitrogen and oxygen atoms in total. The summed E-state index contributed by atoms with van der Waals surface area (Å²) in [5.74, 6) is 5.83. The van der Waals surface area contributed by atoms with Gasteiger partial charge in [-0.05, 0) is 42.8 Å². The van der Waals surface area contributed by atoms with Crippen LogP contribution >= 0.6 is 0 Å². The fourth-order valence-corrected chi connectivity index (χ4v) is 1.36. The average molecular weight is 230 g/mol. The first-order valence-corrected chi connectivity index (χ1v) is 5.14. The highest BCUT2D eigenvalue weighted by Crippen LogP contribution is 2.17. The van der Waals surface area contributed by atoms with Crippen molar-refractivity contribution in [2.24, 2.45) is 0 Å². The molecule has 0 N–H and O–H groups in total. The standard InChI is InChI=1S/C12H11FN4/c1-3-4-7-17-15-12(14-16-17)10-5-6-11(13)9(2)8-10/h5-6,8H,7H2,1-2H3. The molecule has 17 heavy (non-hydrogen) atoms. The fraction of sp³-hybridized carbons (Fsp3) is 0.250. The summed E-state index contributed by atoms with van der Waals surface area (Å²) in [6.07, 6.45) is 0. The molecule has 2 rings (SSSR count). The van der Waals surface area contributed by atoms with Gasteiger partial charge < -0.3 is 0 Å². The van der Waals surface area contributed by atoms with Crippen LogP contribution in [0.5, 0.6) is 0 Å². The van der Waals surface area contributed by atoms with Crippen molar-refractivity contribution in [2.75, 3.05) is 0 Å². The lowest BCUT2D eigenvalue weighted by Gasteiger charge is -1.98. The van der Waals surface area contributed by atoms with Gasteiger partial charge in [-0.2, -0.15) is 4.80 Å². The molecule has 1 aromatic carbocycles. The Morgan fingerprint density at radius 1 is 1.41 bits per heavy atom. The summed E-state index contributed by atoms with van der Waals surface area (Å²) in [6, 6.07) is 4.73. The van der Waals surface area contributed by atoms with E-state index in [1.54, 1.807) is 26.0 Å². The first-order chi connectivity index (χ1) is 8.20. The van der Waals surface area contributed by atoms with Crippen LogP contribution in [0.15, 0.2) is 18.2 Å². The van der Waals surface area contributed by atoms with Gasteiger partial charge in [-0.1, -0.05) is 5.92 Å². The predicted octanol–water partition coefficient (Wildman–Crippen LogP) is 1.81. The van der Waals surface area contributed by atoms with Crippen LogP contribution in [0.2, 0.25) is 0 Å². The first-order valence-electron chi connectivity index (χ1n) is 5.14. The highest BCUT2D eigenvalue weighted by molar-refractivity contribution is 5.55. The molecule has 0 fully saturated rings. The van der Waals surface area contributed by atoms with Gasteiger partial charge in [-0.25, -0.2) is 4.39 Å².